The Hall–Kier alpha value is -3.15. The fraction of sp³-hybridized carbons (Fsp3) is 0.318. The van der Waals surface area contributed by atoms with Gasteiger partial charge in [-0.15, -0.1) is 0 Å². The number of nitrogens with zero attached hydrogens (tertiary/aromatic N) is 2. The van der Waals surface area contributed by atoms with E-state index in [9.17, 15) is 14.7 Å². The summed E-state index contributed by atoms with van der Waals surface area (Å²) < 4.78 is 0. The van der Waals surface area contributed by atoms with Crippen molar-refractivity contribution in [1.82, 2.24) is 14.9 Å². The summed E-state index contributed by atoms with van der Waals surface area (Å²) in [5.74, 6) is 1.34. The summed E-state index contributed by atoms with van der Waals surface area (Å²) in [4.78, 5) is 33.9. The highest BCUT2D eigenvalue weighted by atomic mass is 16.3. The second kappa shape index (κ2) is 7.84. The summed E-state index contributed by atoms with van der Waals surface area (Å²) in [5, 5.41) is 9.98. The molecule has 1 fully saturated rings. The predicted molar refractivity (Wildman–Crippen MR) is 107 cm³/mol. The number of aromatic hydroxyl groups is 1. The van der Waals surface area contributed by atoms with E-state index in [-0.39, 0.29) is 17.2 Å². The first-order valence-corrected chi connectivity index (χ1v) is 9.65. The van der Waals surface area contributed by atoms with Crippen molar-refractivity contribution in [2.75, 3.05) is 13.1 Å². The Morgan fingerprint density at radius 3 is 2.57 bits per heavy atom. The number of nitrogens with one attached hydrogen (secondary N) is 1. The van der Waals surface area contributed by atoms with Gasteiger partial charge >= 0.3 is 0 Å². The molecule has 0 aliphatic carbocycles. The molecule has 2 aromatic carbocycles. The van der Waals surface area contributed by atoms with Gasteiger partial charge in [-0.3, -0.25) is 9.59 Å². The Morgan fingerprint density at radius 2 is 1.82 bits per heavy atom. The highest BCUT2D eigenvalue weighted by Crippen LogP contribution is 2.29. The molecular formula is C22H23N3O3. The number of fused-ring (bicyclic) bond motifs is 1. The SMILES string of the molecule is O=C(CCc1nc2ccccc2c(=O)[nH]1)N1CCC(c2ccc(O)cc2)CC1. The maximum atomic E-state index is 12.6. The van der Waals surface area contributed by atoms with E-state index in [1.54, 1.807) is 18.2 Å². The Bertz CT molecular complexity index is 1030. The number of hydrogen-bond donors (Lipinski definition) is 2. The van der Waals surface area contributed by atoms with Gasteiger partial charge in [0.05, 0.1) is 10.9 Å². The van der Waals surface area contributed by atoms with Crippen molar-refractivity contribution in [3.05, 3.63) is 70.3 Å². The average Bonchev–Trinajstić information content (AvgIpc) is 2.73. The van der Waals surface area contributed by atoms with Crippen LogP contribution >= 0.6 is 0 Å². The van der Waals surface area contributed by atoms with Gasteiger partial charge in [0.2, 0.25) is 5.91 Å². The van der Waals surface area contributed by atoms with Gasteiger partial charge in [0.15, 0.2) is 0 Å². The van der Waals surface area contributed by atoms with Crippen molar-refractivity contribution in [2.45, 2.75) is 31.6 Å². The molecule has 6 nitrogen and oxygen atoms in total. The van der Waals surface area contributed by atoms with Gasteiger partial charge in [0.1, 0.15) is 11.6 Å². The molecule has 0 saturated carbocycles. The monoisotopic (exact) mass is 377 g/mol. The molecule has 0 bridgehead atoms. The second-order valence-electron chi connectivity index (χ2n) is 7.28. The van der Waals surface area contributed by atoms with Gasteiger partial charge < -0.3 is 15.0 Å². The lowest BCUT2D eigenvalue weighted by Crippen LogP contribution is -2.38. The molecule has 2 heterocycles. The van der Waals surface area contributed by atoms with Crippen LogP contribution in [0.2, 0.25) is 0 Å². The van der Waals surface area contributed by atoms with Crippen LogP contribution in [0.1, 0.15) is 36.6 Å². The first kappa shape index (κ1) is 18.2. The molecule has 1 saturated heterocycles. The summed E-state index contributed by atoms with van der Waals surface area (Å²) in [6.45, 7) is 1.46. The lowest BCUT2D eigenvalue weighted by atomic mass is 9.89. The quantitative estimate of drug-likeness (QED) is 0.732. The van der Waals surface area contributed by atoms with Crippen LogP contribution in [0.4, 0.5) is 0 Å². The lowest BCUT2D eigenvalue weighted by molar-refractivity contribution is -0.132. The number of hydrogen-bond acceptors (Lipinski definition) is 4. The van der Waals surface area contributed by atoms with E-state index in [2.05, 4.69) is 9.97 Å². The third-order valence-corrected chi connectivity index (χ3v) is 5.45. The van der Waals surface area contributed by atoms with E-state index in [0.717, 1.165) is 25.9 Å². The van der Waals surface area contributed by atoms with Crippen molar-refractivity contribution in [1.29, 1.82) is 0 Å². The van der Waals surface area contributed by atoms with E-state index < -0.39 is 0 Å². The molecule has 6 heteroatoms. The van der Waals surface area contributed by atoms with Crippen LogP contribution in [0.3, 0.4) is 0 Å². The zero-order valence-corrected chi connectivity index (χ0v) is 15.6. The van der Waals surface area contributed by atoms with E-state index in [1.807, 2.05) is 35.2 Å². The van der Waals surface area contributed by atoms with Gasteiger partial charge in [0, 0.05) is 25.9 Å². The van der Waals surface area contributed by atoms with Crippen molar-refractivity contribution in [2.24, 2.45) is 0 Å². The fourth-order valence-electron chi connectivity index (χ4n) is 3.85. The topological polar surface area (TPSA) is 86.3 Å². The molecule has 4 rings (SSSR count). The van der Waals surface area contributed by atoms with Crippen LogP contribution in [-0.4, -0.2) is 39.0 Å². The number of carbonyl (C=O) groups is 1. The normalized spacial score (nSPS) is 15.1. The van der Waals surface area contributed by atoms with Crippen molar-refractivity contribution in [3.63, 3.8) is 0 Å². The number of para-hydroxylation sites is 1. The summed E-state index contributed by atoms with van der Waals surface area (Å²) in [6, 6.07) is 14.6. The molecule has 0 spiro atoms. The van der Waals surface area contributed by atoms with Crippen LogP contribution in [-0.2, 0) is 11.2 Å². The van der Waals surface area contributed by atoms with E-state index in [0.29, 0.717) is 35.5 Å². The van der Waals surface area contributed by atoms with E-state index in [1.165, 1.54) is 5.56 Å². The highest BCUT2D eigenvalue weighted by molar-refractivity contribution is 5.78. The maximum Gasteiger partial charge on any atom is 0.258 e. The van der Waals surface area contributed by atoms with Crippen molar-refractivity contribution in [3.8, 4) is 5.75 Å². The highest BCUT2D eigenvalue weighted by Gasteiger charge is 2.23. The number of benzene rings is 2. The Balaban J connectivity index is 1.34. The molecule has 1 aliphatic heterocycles. The molecule has 1 aromatic heterocycles. The number of amides is 1. The molecule has 28 heavy (non-hydrogen) atoms. The molecule has 0 atom stereocenters. The Labute approximate surface area is 162 Å². The first-order valence-electron chi connectivity index (χ1n) is 9.65. The lowest BCUT2D eigenvalue weighted by Gasteiger charge is -2.32. The largest absolute Gasteiger partial charge is 0.508 e. The van der Waals surface area contributed by atoms with E-state index >= 15 is 0 Å². The molecule has 3 aromatic rings. The molecule has 1 aliphatic rings. The standard InChI is InChI=1S/C22H23N3O3/c26-17-7-5-15(6-8-17)16-11-13-25(14-12-16)21(27)10-9-20-23-19-4-2-1-3-18(19)22(28)24-20/h1-8,16,26H,9-14H2,(H,23,24,28). The Morgan fingerprint density at radius 1 is 1.11 bits per heavy atom. The van der Waals surface area contributed by atoms with Crippen LogP contribution in [0.25, 0.3) is 10.9 Å². The van der Waals surface area contributed by atoms with E-state index in [4.69, 9.17) is 0 Å². The molecular weight excluding hydrogens is 354 g/mol. The number of carbonyl (C=O) groups excluding carboxylic acids is 1. The number of rotatable bonds is 4. The zero-order valence-electron chi connectivity index (χ0n) is 15.6. The second-order valence-corrected chi connectivity index (χ2v) is 7.28. The number of aromatic amines is 1. The minimum atomic E-state index is -0.164. The third-order valence-electron chi connectivity index (χ3n) is 5.45. The summed E-state index contributed by atoms with van der Waals surface area (Å²) in [5.41, 5.74) is 1.70. The summed E-state index contributed by atoms with van der Waals surface area (Å²) in [6.07, 6.45) is 2.60. The molecule has 144 valence electrons. The molecule has 2 N–H and O–H groups in total. The smallest absolute Gasteiger partial charge is 0.258 e. The van der Waals surface area contributed by atoms with Gasteiger partial charge in [0.25, 0.3) is 5.56 Å². The van der Waals surface area contributed by atoms with Crippen molar-refractivity contribution >= 4 is 16.8 Å². The Kier molecular flexibility index (Phi) is 5.10. The maximum absolute atomic E-state index is 12.6. The minimum absolute atomic E-state index is 0.0972. The van der Waals surface area contributed by atoms with Gasteiger partial charge in [-0.05, 0) is 48.6 Å². The number of H-pyrrole nitrogens is 1. The number of aryl methyl sites for hydroxylation is 1. The summed E-state index contributed by atoms with van der Waals surface area (Å²) in [7, 11) is 0. The van der Waals surface area contributed by atoms with Gasteiger partial charge in [-0.25, -0.2) is 4.98 Å². The van der Waals surface area contributed by atoms with Crippen LogP contribution in [0.15, 0.2) is 53.3 Å². The van der Waals surface area contributed by atoms with Crippen LogP contribution < -0.4 is 5.56 Å². The molecule has 0 unspecified atom stereocenters. The first-order chi connectivity index (χ1) is 13.6. The van der Waals surface area contributed by atoms with Gasteiger partial charge in [-0.2, -0.15) is 0 Å². The number of phenols is 1. The molecule has 1 amide bonds. The fourth-order valence-corrected chi connectivity index (χ4v) is 3.85. The molecule has 0 radical (unpaired) electrons. The predicted octanol–water partition coefficient (Wildman–Crippen LogP) is 2.97. The minimum Gasteiger partial charge on any atom is -0.508 e. The zero-order chi connectivity index (χ0) is 19.5. The van der Waals surface area contributed by atoms with Crippen molar-refractivity contribution < 1.29 is 9.90 Å². The average molecular weight is 377 g/mol. The third kappa shape index (κ3) is 3.91. The number of likely N-dealkylation sites (tertiary alicyclic amines) is 1. The van der Waals surface area contributed by atoms with Crippen LogP contribution in [0.5, 0.6) is 5.75 Å². The number of phenolic OH excluding ortho intramolecular Hbond substituents is 1. The van der Waals surface area contributed by atoms with Crippen LogP contribution in [0, 0.1) is 0 Å². The number of aromatic nitrogens is 2. The number of piperidine rings is 1. The van der Waals surface area contributed by atoms with Gasteiger partial charge in [-0.1, -0.05) is 24.3 Å². The summed E-state index contributed by atoms with van der Waals surface area (Å²) >= 11 is 0.